The molecule has 3 aromatic heterocycles. The van der Waals surface area contributed by atoms with Gasteiger partial charge in [-0.1, -0.05) is 120 Å². The Morgan fingerprint density at radius 3 is 1.69 bits per heavy atom. The van der Waals surface area contributed by atoms with Crippen LogP contribution in [0.2, 0.25) is 0 Å². The number of unbranched alkanes of at least 4 members (excludes halogenated alkanes) is 2. The van der Waals surface area contributed by atoms with E-state index in [9.17, 15) is 57.5 Å². The first-order valence-corrected chi connectivity index (χ1v) is 45.2. The molecule has 8 rings (SSSR count). The number of guanidine groups is 1. The highest BCUT2D eigenvalue weighted by Crippen LogP contribution is 2.26. The topological polar surface area (TPSA) is 601 Å². The third-order valence-corrected chi connectivity index (χ3v) is 24.1. The Morgan fingerprint density at radius 2 is 1.08 bits per heavy atom. The van der Waals surface area contributed by atoms with Crippen molar-refractivity contribution in [2.75, 3.05) is 65.9 Å². The third-order valence-electron chi connectivity index (χ3n) is 23.1. The van der Waals surface area contributed by atoms with Crippen LogP contribution in [0.25, 0.3) is 21.8 Å². The zero-order valence-electron chi connectivity index (χ0n) is 75.7. The van der Waals surface area contributed by atoms with Gasteiger partial charge in [-0.25, -0.2) is 4.98 Å². The van der Waals surface area contributed by atoms with Crippen LogP contribution in [0.3, 0.4) is 0 Å². The minimum absolute atomic E-state index is 0.00197. The lowest BCUT2D eigenvalue weighted by Gasteiger charge is -2.36. The number of primary amides is 2. The van der Waals surface area contributed by atoms with E-state index in [0.717, 1.165) is 26.5 Å². The number of thioether (sulfide) groups is 1. The van der Waals surface area contributed by atoms with Crippen LogP contribution in [0.4, 0.5) is 0 Å². The molecule has 0 radical (unpaired) electrons. The maximum absolute atomic E-state index is 15.7. The van der Waals surface area contributed by atoms with Crippen LogP contribution >= 0.6 is 11.8 Å². The summed E-state index contributed by atoms with van der Waals surface area (Å²) >= 11 is 0.804. The molecular weight excluding hydrogens is 1710 g/mol. The molecule has 2 aliphatic rings. The fourth-order valence-electron chi connectivity index (χ4n) is 15.7. The van der Waals surface area contributed by atoms with Gasteiger partial charge in [-0.2, -0.15) is 0 Å². The summed E-state index contributed by atoms with van der Waals surface area (Å²) in [6.45, 7) is 8.52. The molecule has 0 bridgehead atoms. The van der Waals surface area contributed by atoms with E-state index < -0.39 is 216 Å². The number of amides is 17. The maximum Gasteiger partial charge on any atom is 0.246 e. The van der Waals surface area contributed by atoms with Gasteiger partial charge in [0.05, 0.1) is 31.6 Å². The molecule has 131 heavy (non-hydrogen) atoms. The van der Waals surface area contributed by atoms with Crippen molar-refractivity contribution in [1.29, 1.82) is 5.41 Å². The molecule has 710 valence electrons. The van der Waals surface area contributed by atoms with Crippen molar-refractivity contribution in [1.82, 2.24) is 103 Å². The summed E-state index contributed by atoms with van der Waals surface area (Å²) in [5.74, 6) is -16.4. The molecule has 0 aliphatic carbocycles. The van der Waals surface area contributed by atoms with Gasteiger partial charge < -0.3 is 115 Å². The minimum atomic E-state index is -1.73. The number of para-hydroxylation sites is 2. The Labute approximate surface area is 764 Å². The van der Waals surface area contributed by atoms with E-state index in [0.29, 0.717) is 69.9 Å². The number of carbonyl (C=O) groups excluding carboxylic acids is 17. The molecule has 21 N–H and O–H groups in total. The van der Waals surface area contributed by atoms with Crippen molar-refractivity contribution in [3.05, 3.63) is 126 Å². The van der Waals surface area contributed by atoms with Crippen molar-refractivity contribution < 1.29 is 81.5 Å². The number of carbonyl (C=O) groups is 17. The van der Waals surface area contributed by atoms with Crippen LogP contribution in [0.1, 0.15) is 141 Å². The van der Waals surface area contributed by atoms with Gasteiger partial charge in [0.15, 0.2) is 5.96 Å². The summed E-state index contributed by atoms with van der Waals surface area (Å²) < 4.78 is 0. The largest absolute Gasteiger partial charge is 0.370 e. The van der Waals surface area contributed by atoms with Crippen LogP contribution in [0, 0.1) is 11.3 Å². The number of nitrogens with zero attached hydrogens (tertiary/aromatic N) is 6. The van der Waals surface area contributed by atoms with Gasteiger partial charge in [-0.3, -0.25) is 86.9 Å². The highest BCUT2D eigenvalue weighted by atomic mass is 32.2. The smallest absolute Gasteiger partial charge is 0.246 e. The number of rotatable bonds is 25. The molecule has 3 aromatic carbocycles. The van der Waals surface area contributed by atoms with E-state index in [1.165, 1.54) is 64.4 Å². The quantitative estimate of drug-likeness (QED) is 0.0184. The molecule has 0 saturated carbocycles. The van der Waals surface area contributed by atoms with Crippen molar-refractivity contribution in [2.45, 2.75) is 223 Å². The molecule has 41 nitrogen and oxygen atoms in total. The van der Waals surface area contributed by atoms with E-state index in [-0.39, 0.29) is 89.6 Å². The molecule has 0 spiro atoms. The predicted molar refractivity (Wildman–Crippen MR) is 488 cm³/mol. The number of nitrogens with one attached hydrogen (secondary N) is 15. The summed E-state index contributed by atoms with van der Waals surface area (Å²) in [6.07, 6.45) is 6.53. The number of likely N-dealkylation sites (N-methyl/N-ethyl adjacent to an activating group) is 4. The monoisotopic (exact) mass is 1830 g/mol. The van der Waals surface area contributed by atoms with E-state index >= 15 is 24.0 Å². The number of fused-ring (bicyclic) bond motifs is 3. The summed E-state index contributed by atoms with van der Waals surface area (Å²) in [5.41, 5.74) is 20.3. The second-order valence-corrected chi connectivity index (χ2v) is 34.7. The number of hydrogen-bond donors (Lipinski definition) is 18. The fraction of sp³-hybridized carbons (Fsp3) is 0.517. The van der Waals surface area contributed by atoms with Gasteiger partial charge in [0.25, 0.3) is 0 Å². The summed E-state index contributed by atoms with van der Waals surface area (Å²) in [6, 6.07) is 3.96. The van der Waals surface area contributed by atoms with E-state index in [2.05, 4.69) is 78.4 Å². The highest BCUT2D eigenvalue weighted by Gasteiger charge is 2.44. The number of benzene rings is 3. The second-order valence-electron chi connectivity index (χ2n) is 33.6. The van der Waals surface area contributed by atoms with Crippen LogP contribution in [0.5, 0.6) is 0 Å². The number of imidazole rings is 1. The number of aromatic nitrogens is 4. The zero-order chi connectivity index (χ0) is 95.9. The molecule has 17 amide bonds. The minimum Gasteiger partial charge on any atom is -0.370 e. The Morgan fingerprint density at radius 1 is 0.527 bits per heavy atom. The second kappa shape index (κ2) is 49.9. The molecular formula is C89H126N24O17S. The Kier molecular flexibility index (Phi) is 39.2. The van der Waals surface area contributed by atoms with Gasteiger partial charge in [0, 0.05) is 119 Å². The Balaban J connectivity index is 1.17. The van der Waals surface area contributed by atoms with Gasteiger partial charge in [-0.15, -0.1) is 11.8 Å². The molecule has 2 saturated heterocycles. The first kappa shape index (κ1) is 103. The van der Waals surface area contributed by atoms with Crippen LogP contribution < -0.4 is 75.7 Å². The average Bonchev–Trinajstić information content (AvgIpc) is 1.68. The summed E-state index contributed by atoms with van der Waals surface area (Å²) in [4.78, 5) is 267. The number of H-pyrrole nitrogens is 3. The number of aromatic amines is 3. The number of nitrogens with two attached hydrogens (primary N) is 3. The molecule has 0 unspecified atom stereocenters. The van der Waals surface area contributed by atoms with Gasteiger partial charge in [-0.05, 0) is 93.5 Å². The molecule has 2 fully saturated rings. The molecule has 6 aromatic rings. The molecule has 42 heteroatoms. The predicted octanol–water partition coefficient (Wildman–Crippen LogP) is -1.11. The number of hydrogen-bond acceptors (Lipinski definition) is 20. The first-order chi connectivity index (χ1) is 62.4. The molecule has 13 atom stereocenters. The zero-order valence-corrected chi connectivity index (χ0v) is 76.5. The standard InChI is InChI=1S/C89H126N24O17S/c1-11-13-31-69-82(124)103-61(30-22-34-95-89(92)93)79(121)108-68(78(120)98-45-73(91)115)47-131-48-75(117)102-65(37-53-24-16-15-17-25-53)85(127)110(8)52(6)77(119)106-67(41-72(90)114)87(129)113-35-23-33-70(113)83(125)104-63(40-56-44-94-49-99-56)81(123)107-64(36-50(3)4)84(126)109(7)46-74(116)101-62(38-54-42-96-59-28-20-18-26-57(54)59)80(122)100-51(5)76(118)105-66(39-55-43-97-60-29-21-19-27-58(55)60)86(128)112(10)71(32-14-12-2)88(130)111(69)9/h15-21,24-29,42-44,49-52,61-71,96-97H,11-14,22-23,30-41,45-48H2,1-10H3,(H2,90,114)(H2,91,115)(H,94,99)(H,98,120)(H,100,122)(H,101,116)(H,102,117)(H,103,124)(H,104,125)(H,105,118)(H,106,119)(H,107,123)(H,108,121)(H4,92,93,95)/t51-,52+,61+,62+,63+,64+,65+,66+,67+,68+,69+,70+,71+/m1/s1. The normalized spacial score (nSPS) is 23.6. The van der Waals surface area contributed by atoms with Gasteiger partial charge >= 0.3 is 0 Å². The van der Waals surface area contributed by atoms with Crippen LogP contribution in [0.15, 0.2) is 104 Å². The van der Waals surface area contributed by atoms with Gasteiger partial charge in [0.2, 0.25) is 100 Å². The summed E-state index contributed by atoms with van der Waals surface area (Å²) in [5, 5.41) is 38.7. The Bertz CT molecular complexity index is 5030. The van der Waals surface area contributed by atoms with E-state index in [4.69, 9.17) is 22.6 Å². The first-order valence-electron chi connectivity index (χ1n) is 44.1. The average molecular weight is 1840 g/mol. The lowest BCUT2D eigenvalue weighted by atomic mass is 10.00. The molecule has 2 aliphatic heterocycles. The summed E-state index contributed by atoms with van der Waals surface area (Å²) in [7, 11) is 5.35. The van der Waals surface area contributed by atoms with Crippen LogP contribution in [-0.2, 0) is 107 Å². The maximum atomic E-state index is 15.7. The van der Waals surface area contributed by atoms with E-state index in [1.54, 1.807) is 93.0 Å². The van der Waals surface area contributed by atoms with Crippen molar-refractivity contribution in [3.63, 3.8) is 0 Å². The van der Waals surface area contributed by atoms with Crippen LogP contribution in [-0.4, -0.2) is 295 Å². The molecule has 5 heterocycles. The van der Waals surface area contributed by atoms with Crippen molar-refractivity contribution >= 4 is 140 Å². The Hall–Kier alpha value is -13.4. The SMILES string of the molecule is CCCC[C@H]1C(=O)N(C)[C@@H](CCCC)C(=O)N[C@@H](CCCNC(=N)N)C(=O)N[C@H](C(=O)NCC(N)=O)CSCC(=O)N[C@@H](Cc2ccccc2)C(=O)N(C)[C@@H](C)C(=O)N[C@@H](CC(N)=O)C(=O)N2CCC[C@H]2C(=O)N[C@@H](Cc2cnc[nH]2)C(=O)N[C@@H](CC(C)C)C(=O)N(C)CC(=O)N[C@@H](Cc2c[nH]c3ccccc23)C(=O)N[C@H](C)C(=O)N[C@@H](Cc2c[nH]c3ccccc23)C(=O)N1C. The third kappa shape index (κ3) is 30.1. The fourth-order valence-corrected chi connectivity index (χ4v) is 16.6. The van der Waals surface area contributed by atoms with E-state index in [1.807, 2.05) is 26.0 Å². The van der Waals surface area contributed by atoms with Gasteiger partial charge in [0.1, 0.15) is 78.5 Å². The lowest BCUT2D eigenvalue weighted by molar-refractivity contribution is -0.149. The van der Waals surface area contributed by atoms with Crippen molar-refractivity contribution in [3.8, 4) is 0 Å². The highest BCUT2D eigenvalue weighted by molar-refractivity contribution is 8.00. The van der Waals surface area contributed by atoms with Crippen molar-refractivity contribution in [2.24, 2.45) is 23.1 Å². The lowest BCUT2D eigenvalue weighted by Crippen LogP contribution is -2.60.